The van der Waals surface area contributed by atoms with Gasteiger partial charge in [0, 0.05) is 21.7 Å². The van der Waals surface area contributed by atoms with Crippen LogP contribution in [0.5, 0.6) is 17.2 Å². The maximum absolute atomic E-state index is 13.8. The summed E-state index contributed by atoms with van der Waals surface area (Å²) in [6.45, 7) is 3.66. The van der Waals surface area contributed by atoms with Gasteiger partial charge >= 0.3 is 0 Å². The Hall–Kier alpha value is -3.68. The van der Waals surface area contributed by atoms with E-state index in [0.29, 0.717) is 60.2 Å². The van der Waals surface area contributed by atoms with Crippen LogP contribution >= 0.6 is 22.9 Å². The number of hydrogen-bond acceptors (Lipinski definition) is 6. The molecule has 0 saturated heterocycles. The predicted molar refractivity (Wildman–Crippen MR) is 131 cm³/mol. The number of ether oxygens (including phenoxy) is 2. The lowest BCUT2D eigenvalue weighted by Gasteiger charge is -2.11. The second kappa shape index (κ2) is 9.67. The molecule has 0 unspecified atom stereocenters. The second-order valence-electron chi connectivity index (χ2n) is 7.50. The van der Waals surface area contributed by atoms with Crippen molar-refractivity contribution in [2.75, 3.05) is 0 Å². The summed E-state index contributed by atoms with van der Waals surface area (Å²) < 4.78 is 25.2. The lowest BCUT2D eigenvalue weighted by atomic mass is 9.97. The van der Waals surface area contributed by atoms with Gasteiger partial charge in [-0.25, -0.2) is 4.39 Å². The normalized spacial score (nSPS) is 11.2. The van der Waals surface area contributed by atoms with Crippen LogP contribution in [0.1, 0.15) is 31.9 Å². The van der Waals surface area contributed by atoms with Crippen molar-refractivity contribution in [2.45, 2.75) is 13.8 Å². The maximum Gasteiger partial charge on any atom is 0.297 e. The average molecular weight is 497 g/mol. The van der Waals surface area contributed by atoms with Gasteiger partial charge in [0.25, 0.3) is 6.47 Å². The SMILES string of the molecule is Cc1cc(F)cc(C)c1C(=O)c1sc2cc(O)ccc2c1Oc1ccc(/C=C/OC=O)c(Cl)c1. The van der Waals surface area contributed by atoms with E-state index in [9.17, 15) is 19.1 Å². The molecule has 0 fully saturated rings. The Morgan fingerprint density at radius 2 is 1.82 bits per heavy atom. The molecule has 0 aliphatic rings. The Labute approximate surface area is 203 Å². The largest absolute Gasteiger partial charge is 0.508 e. The summed E-state index contributed by atoms with van der Waals surface area (Å²) >= 11 is 7.51. The summed E-state index contributed by atoms with van der Waals surface area (Å²) in [7, 11) is 0. The zero-order valence-corrected chi connectivity index (χ0v) is 19.7. The minimum absolute atomic E-state index is 0.0603. The molecule has 0 aliphatic carbocycles. The number of phenols is 1. The smallest absolute Gasteiger partial charge is 0.297 e. The number of fused-ring (bicyclic) bond motifs is 1. The number of halogens is 2. The molecule has 172 valence electrons. The highest BCUT2D eigenvalue weighted by Gasteiger charge is 2.25. The van der Waals surface area contributed by atoms with Crippen LogP contribution in [0.25, 0.3) is 16.2 Å². The summed E-state index contributed by atoms with van der Waals surface area (Å²) in [6.07, 6.45) is 2.73. The number of ketones is 1. The van der Waals surface area contributed by atoms with E-state index < -0.39 is 5.82 Å². The van der Waals surface area contributed by atoms with Crippen LogP contribution in [0.15, 0.2) is 54.8 Å². The number of carbonyl (C=O) groups excluding carboxylic acids is 2. The standard InChI is InChI=1S/C26H18ClFO5S/c1-14-9-17(28)10-15(2)23(14)24(31)26-25(20-6-4-18(30)11-22(20)34-26)33-19-5-3-16(21(27)12-19)7-8-32-13-29/h3-13,30H,1-2H3/b8-7+. The third-order valence-corrected chi connectivity index (χ3v) is 6.59. The first-order valence-electron chi connectivity index (χ1n) is 10.1. The van der Waals surface area contributed by atoms with Gasteiger partial charge in [0.2, 0.25) is 5.78 Å². The lowest BCUT2D eigenvalue weighted by Crippen LogP contribution is -2.06. The van der Waals surface area contributed by atoms with Crippen LogP contribution in [0.4, 0.5) is 4.39 Å². The Morgan fingerprint density at radius 1 is 1.09 bits per heavy atom. The van der Waals surface area contributed by atoms with Crippen LogP contribution < -0.4 is 4.74 Å². The van der Waals surface area contributed by atoms with E-state index in [1.165, 1.54) is 41.9 Å². The van der Waals surface area contributed by atoms with Crippen molar-refractivity contribution < 1.29 is 28.6 Å². The van der Waals surface area contributed by atoms with Crippen LogP contribution in [0.2, 0.25) is 5.02 Å². The molecule has 1 N–H and O–H groups in total. The fourth-order valence-electron chi connectivity index (χ4n) is 3.66. The molecule has 1 aromatic heterocycles. The number of thiophene rings is 1. The van der Waals surface area contributed by atoms with Gasteiger partial charge in [0.05, 0.1) is 11.3 Å². The van der Waals surface area contributed by atoms with E-state index >= 15 is 0 Å². The van der Waals surface area contributed by atoms with Crippen molar-refractivity contribution in [1.82, 2.24) is 0 Å². The highest BCUT2D eigenvalue weighted by atomic mass is 35.5. The highest BCUT2D eigenvalue weighted by molar-refractivity contribution is 7.21. The Morgan fingerprint density at radius 3 is 2.50 bits per heavy atom. The number of benzene rings is 3. The number of rotatable bonds is 7. The quantitative estimate of drug-likeness (QED) is 0.166. The van der Waals surface area contributed by atoms with Gasteiger partial charge in [-0.05, 0) is 79.1 Å². The molecule has 34 heavy (non-hydrogen) atoms. The third-order valence-electron chi connectivity index (χ3n) is 5.13. The van der Waals surface area contributed by atoms with Gasteiger partial charge in [-0.15, -0.1) is 11.3 Å². The minimum atomic E-state index is -0.411. The Bertz CT molecular complexity index is 1430. The highest BCUT2D eigenvalue weighted by Crippen LogP contribution is 2.43. The van der Waals surface area contributed by atoms with E-state index in [4.69, 9.17) is 16.3 Å². The molecule has 8 heteroatoms. The zero-order chi connectivity index (χ0) is 24.4. The van der Waals surface area contributed by atoms with Crippen molar-refractivity contribution in [2.24, 2.45) is 0 Å². The molecular weight excluding hydrogens is 479 g/mol. The topological polar surface area (TPSA) is 72.8 Å². The molecule has 0 aliphatic heterocycles. The van der Waals surface area contributed by atoms with E-state index in [-0.39, 0.29) is 11.5 Å². The van der Waals surface area contributed by atoms with Crippen molar-refractivity contribution in [3.63, 3.8) is 0 Å². The summed E-state index contributed by atoms with van der Waals surface area (Å²) in [5, 5.41) is 10.9. The molecule has 0 atom stereocenters. The Kier molecular flexibility index (Phi) is 6.68. The summed E-state index contributed by atoms with van der Waals surface area (Å²) in [5.41, 5.74) is 2.04. The van der Waals surface area contributed by atoms with E-state index in [0.717, 1.165) is 0 Å². The summed E-state index contributed by atoms with van der Waals surface area (Å²) in [4.78, 5) is 24.2. The fourth-order valence-corrected chi connectivity index (χ4v) is 5.01. The maximum atomic E-state index is 13.8. The molecule has 4 aromatic rings. The van der Waals surface area contributed by atoms with E-state index in [1.54, 1.807) is 44.2 Å². The van der Waals surface area contributed by atoms with Crippen molar-refractivity contribution >= 4 is 51.4 Å². The van der Waals surface area contributed by atoms with Gasteiger partial charge < -0.3 is 14.6 Å². The van der Waals surface area contributed by atoms with Gasteiger partial charge in [0.15, 0.2) is 5.75 Å². The molecular formula is C26H18ClFO5S. The molecule has 0 amide bonds. The van der Waals surface area contributed by atoms with E-state index in [1.807, 2.05) is 0 Å². The zero-order valence-electron chi connectivity index (χ0n) is 18.1. The first-order valence-corrected chi connectivity index (χ1v) is 11.3. The molecule has 0 radical (unpaired) electrons. The van der Waals surface area contributed by atoms with Crippen LogP contribution in [0, 0.1) is 19.7 Å². The fraction of sp³-hybridized carbons (Fsp3) is 0.0769. The number of aromatic hydroxyl groups is 1. The second-order valence-corrected chi connectivity index (χ2v) is 8.96. The molecule has 5 nitrogen and oxygen atoms in total. The molecule has 3 aromatic carbocycles. The van der Waals surface area contributed by atoms with Crippen LogP contribution in [-0.4, -0.2) is 17.4 Å². The van der Waals surface area contributed by atoms with Crippen molar-refractivity contribution in [3.8, 4) is 17.2 Å². The Balaban J connectivity index is 1.80. The van der Waals surface area contributed by atoms with E-state index in [2.05, 4.69) is 4.74 Å². The number of phenolic OH excluding ortho intramolecular Hbond substituents is 1. The van der Waals surface area contributed by atoms with Gasteiger partial charge in [0.1, 0.15) is 22.2 Å². The average Bonchev–Trinajstić information content (AvgIpc) is 3.12. The number of hydrogen-bond donors (Lipinski definition) is 1. The first-order chi connectivity index (χ1) is 16.3. The molecule has 0 spiro atoms. The summed E-state index contributed by atoms with van der Waals surface area (Å²) in [6, 6.07) is 12.3. The molecule has 4 rings (SSSR count). The van der Waals surface area contributed by atoms with Crippen molar-refractivity contribution in [1.29, 1.82) is 0 Å². The van der Waals surface area contributed by atoms with Gasteiger partial charge in [-0.3, -0.25) is 9.59 Å². The first kappa shape index (κ1) is 23.5. The predicted octanol–water partition coefficient (Wildman–Crippen LogP) is 7.18. The number of carbonyl (C=O) groups is 2. The monoisotopic (exact) mass is 496 g/mol. The summed E-state index contributed by atoms with van der Waals surface area (Å²) in [5.74, 6) is 0.0451. The van der Waals surface area contributed by atoms with Crippen molar-refractivity contribution in [3.05, 3.63) is 92.8 Å². The lowest BCUT2D eigenvalue weighted by molar-refractivity contribution is -0.123. The minimum Gasteiger partial charge on any atom is -0.508 e. The number of aryl methyl sites for hydroxylation is 2. The molecule has 0 saturated carbocycles. The third kappa shape index (κ3) is 4.66. The van der Waals surface area contributed by atoms with Gasteiger partial charge in [-0.1, -0.05) is 11.6 Å². The van der Waals surface area contributed by atoms with Crippen LogP contribution in [-0.2, 0) is 9.53 Å². The molecule has 1 heterocycles. The molecule has 0 bridgehead atoms. The van der Waals surface area contributed by atoms with Gasteiger partial charge in [-0.2, -0.15) is 0 Å². The van der Waals surface area contributed by atoms with Crippen LogP contribution in [0.3, 0.4) is 0 Å².